The number of hydrogen-bond acceptors (Lipinski definition) is 6. The fourth-order valence-electron chi connectivity index (χ4n) is 6.04. The van der Waals surface area contributed by atoms with Gasteiger partial charge in [0.1, 0.15) is 18.2 Å². The molecule has 3 unspecified atom stereocenters. The van der Waals surface area contributed by atoms with E-state index in [1.807, 2.05) is 13.8 Å². The number of nitrogens with zero attached hydrogens (tertiary/aromatic N) is 2. The largest absolute Gasteiger partial charge is 0.461 e. The Labute approximate surface area is 216 Å². The topological polar surface area (TPSA) is 96.4 Å². The molecule has 35 heavy (non-hydrogen) atoms. The van der Waals surface area contributed by atoms with E-state index in [4.69, 9.17) is 9.47 Å². The molecule has 1 spiro atoms. The number of ether oxygens (including phenoxy) is 2. The van der Waals surface area contributed by atoms with Crippen molar-refractivity contribution in [3.05, 3.63) is 25.3 Å². The number of halogens is 1. The van der Waals surface area contributed by atoms with Crippen LogP contribution in [0, 0.1) is 17.8 Å². The molecule has 3 rings (SSSR count). The zero-order chi connectivity index (χ0) is 25.9. The molecular formula is C26H39BrN2O6. The van der Waals surface area contributed by atoms with Gasteiger partial charge in [-0.2, -0.15) is 0 Å². The summed E-state index contributed by atoms with van der Waals surface area (Å²) in [4.78, 5) is 44.4. The molecule has 9 heteroatoms. The van der Waals surface area contributed by atoms with E-state index in [9.17, 15) is 19.5 Å². The minimum atomic E-state index is -1.17. The van der Waals surface area contributed by atoms with Crippen LogP contribution in [0.1, 0.15) is 46.5 Å². The van der Waals surface area contributed by atoms with Crippen LogP contribution in [0.5, 0.6) is 0 Å². The molecule has 3 aliphatic heterocycles. The zero-order valence-corrected chi connectivity index (χ0v) is 22.6. The lowest BCUT2D eigenvalue weighted by Gasteiger charge is -2.39. The first kappa shape index (κ1) is 27.9. The molecule has 8 nitrogen and oxygen atoms in total. The molecular weight excluding hydrogens is 516 g/mol. The lowest BCUT2D eigenvalue weighted by Crippen LogP contribution is -2.59. The second kappa shape index (κ2) is 11.6. The molecule has 0 aromatic rings. The Morgan fingerprint density at radius 2 is 2.09 bits per heavy atom. The molecule has 3 aliphatic rings. The molecule has 3 heterocycles. The summed E-state index contributed by atoms with van der Waals surface area (Å²) < 4.78 is 11.8. The molecule has 2 amide bonds. The highest BCUT2D eigenvalue weighted by Gasteiger charge is 2.77. The molecule has 0 saturated carbocycles. The van der Waals surface area contributed by atoms with Crippen molar-refractivity contribution >= 4 is 33.7 Å². The molecule has 196 valence electrons. The van der Waals surface area contributed by atoms with Crippen molar-refractivity contribution in [1.82, 2.24) is 9.80 Å². The van der Waals surface area contributed by atoms with Crippen LogP contribution in [-0.2, 0) is 23.9 Å². The lowest BCUT2D eigenvalue weighted by atomic mass is 9.70. The van der Waals surface area contributed by atoms with Crippen LogP contribution < -0.4 is 0 Å². The lowest BCUT2D eigenvalue weighted by molar-refractivity contribution is -0.156. The van der Waals surface area contributed by atoms with E-state index in [-0.39, 0.29) is 35.8 Å². The van der Waals surface area contributed by atoms with Gasteiger partial charge in [-0.05, 0) is 25.2 Å². The molecule has 0 radical (unpaired) electrons. The molecule has 2 bridgehead atoms. The van der Waals surface area contributed by atoms with Crippen molar-refractivity contribution in [3.63, 3.8) is 0 Å². The van der Waals surface area contributed by atoms with Crippen LogP contribution in [0.3, 0.4) is 0 Å². The number of aliphatic hydroxyl groups excluding tert-OH is 1. The standard InChI is InChI=1S/C26H39BrN2O6/c1-6-9-11-28(10-7-2)24(32)22-26-14-18(27)21(35-26)19(25(33)34-12-8-3)20(26)23(31)29(22)17(15-30)13-16(4)5/h7-8,16-22,30H,2-3,6,9-15H2,1,4-5H3/t17-,18?,19-,20+,21-,22?,26?/m1/s1. The van der Waals surface area contributed by atoms with Gasteiger partial charge in [-0.15, -0.1) is 6.58 Å². The van der Waals surface area contributed by atoms with Gasteiger partial charge in [-0.1, -0.05) is 61.9 Å². The first-order valence-corrected chi connectivity index (χ1v) is 13.5. The number of fused-ring (bicyclic) bond motifs is 1. The third-order valence-corrected chi connectivity index (χ3v) is 8.21. The van der Waals surface area contributed by atoms with Crippen molar-refractivity contribution in [2.75, 3.05) is 26.3 Å². The molecule has 0 aromatic heterocycles. The van der Waals surface area contributed by atoms with E-state index in [0.29, 0.717) is 25.9 Å². The number of carbonyl (C=O) groups is 3. The molecule has 1 N–H and O–H groups in total. The maximum absolute atomic E-state index is 14.2. The van der Waals surface area contributed by atoms with Gasteiger partial charge in [0, 0.05) is 17.9 Å². The van der Waals surface area contributed by atoms with E-state index in [1.165, 1.54) is 11.0 Å². The minimum Gasteiger partial charge on any atom is -0.461 e. The van der Waals surface area contributed by atoms with Crippen molar-refractivity contribution in [1.29, 1.82) is 0 Å². The summed E-state index contributed by atoms with van der Waals surface area (Å²) in [5.74, 6) is -2.55. The number of aliphatic hydroxyl groups is 1. The normalized spacial score (nSPS) is 32.0. The van der Waals surface area contributed by atoms with Crippen LogP contribution in [-0.4, -0.2) is 87.6 Å². The quantitative estimate of drug-likeness (QED) is 0.213. The molecule has 0 aromatic carbocycles. The average molecular weight is 556 g/mol. The van der Waals surface area contributed by atoms with E-state index in [0.717, 1.165) is 12.8 Å². The van der Waals surface area contributed by atoms with E-state index in [1.54, 1.807) is 11.0 Å². The maximum Gasteiger partial charge on any atom is 0.312 e. The summed E-state index contributed by atoms with van der Waals surface area (Å²) in [7, 11) is 0. The number of carbonyl (C=O) groups excluding carboxylic acids is 3. The predicted octanol–water partition coefficient (Wildman–Crippen LogP) is 2.69. The van der Waals surface area contributed by atoms with Crippen LogP contribution >= 0.6 is 15.9 Å². The van der Waals surface area contributed by atoms with E-state index >= 15 is 0 Å². The number of amides is 2. The fraction of sp³-hybridized carbons (Fsp3) is 0.731. The van der Waals surface area contributed by atoms with Crippen LogP contribution in [0.15, 0.2) is 25.3 Å². The van der Waals surface area contributed by atoms with Crippen molar-refractivity contribution < 1.29 is 29.0 Å². The van der Waals surface area contributed by atoms with Crippen LogP contribution in [0.25, 0.3) is 0 Å². The Balaban J connectivity index is 2.09. The van der Waals surface area contributed by atoms with Gasteiger partial charge in [0.25, 0.3) is 0 Å². The smallest absolute Gasteiger partial charge is 0.312 e. The number of hydrogen-bond donors (Lipinski definition) is 1. The molecule has 3 fully saturated rings. The van der Waals surface area contributed by atoms with Crippen molar-refractivity contribution in [2.24, 2.45) is 17.8 Å². The van der Waals surface area contributed by atoms with Crippen molar-refractivity contribution in [2.45, 2.75) is 75.1 Å². The zero-order valence-electron chi connectivity index (χ0n) is 21.0. The SMILES string of the molecule is C=CCOC(=O)[C@H]1[C@@H]2OC3(CC2Br)C(C(=O)N(CC=C)CCCC)N([C@@H](CO)CC(C)C)C(=O)[C@H]13. The second-order valence-electron chi connectivity index (χ2n) is 10.2. The summed E-state index contributed by atoms with van der Waals surface area (Å²) in [6.45, 7) is 14.1. The maximum atomic E-state index is 14.2. The van der Waals surface area contributed by atoms with E-state index in [2.05, 4.69) is 36.0 Å². The van der Waals surface area contributed by atoms with Crippen LogP contribution in [0.4, 0.5) is 0 Å². The predicted molar refractivity (Wildman–Crippen MR) is 136 cm³/mol. The summed E-state index contributed by atoms with van der Waals surface area (Å²) in [6, 6.07) is -1.50. The highest BCUT2D eigenvalue weighted by Crippen LogP contribution is 2.60. The fourth-order valence-corrected chi connectivity index (χ4v) is 6.98. The number of alkyl halides is 1. The Morgan fingerprint density at radius 3 is 2.66 bits per heavy atom. The first-order valence-electron chi connectivity index (χ1n) is 12.6. The van der Waals surface area contributed by atoms with Gasteiger partial charge < -0.3 is 24.4 Å². The van der Waals surface area contributed by atoms with Gasteiger partial charge in [-0.25, -0.2) is 0 Å². The highest BCUT2D eigenvalue weighted by molar-refractivity contribution is 9.09. The Hall–Kier alpha value is -1.71. The third-order valence-electron chi connectivity index (χ3n) is 7.37. The first-order chi connectivity index (χ1) is 16.7. The summed E-state index contributed by atoms with van der Waals surface area (Å²) in [5, 5.41) is 10.3. The highest BCUT2D eigenvalue weighted by atomic mass is 79.9. The molecule has 3 saturated heterocycles. The van der Waals surface area contributed by atoms with Crippen LogP contribution in [0.2, 0.25) is 0 Å². The molecule has 7 atom stereocenters. The number of rotatable bonds is 13. The van der Waals surface area contributed by atoms with E-state index < -0.39 is 41.6 Å². The van der Waals surface area contributed by atoms with Gasteiger partial charge >= 0.3 is 5.97 Å². The number of likely N-dealkylation sites (tertiary alicyclic amines) is 1. The second-order valence-corrected chi connectivity index (χ2v) is 11.4. The number of unbranched alkanes of at least 4 members (excludes halogenated alkanes) is 1. The third kappa shape index (κ3) is 4.96. The minimum absolute atomic E-state index is 0.0335. The van der Waals surface area contributed by atoms with Gasteiger partial charge in [-0.3, -0.25) is 14.4 Å². The summed E-state index contributed by atoms with van der Waals surface area (Å²) >= 11 is 3.65. The Morgan fingerprint density at radius 1 is 1.37 bits per heavy atom. The molecule has 0 aliphatic carbocycles. The van der Waals surface area contributed by atoms with Gasteiger partial charge in [0.15, 0.2) is 0 Å². The number of esters is 1. The monoisotopic (exact) mass is 554 g/mol. The average Bonchev–Trinajstić information content (AvgIpc) is 3.41. The summed E-state index contributed by atoms with van der Waals surface area (Å²) in [5.41, 5.74) is -1.17. The van der Waals surface area contributed by atoms with Crippen molar-refractivity contribution in [3.8, 4) is 0 Å². The van der Waals surface area contributed by atoms with Gasteiger partial charge in [0.05, 0.1) is 30.6 Å². The Bertz CT molecular complexity index is 835. The summed E-state index contributed by atoms with van der Waals surface area (Å²) in [6.07, 6.45) is 5.26. The van der Waals surface area contributed by atoms with Gasteiger partial charge in [0.2, 0.25) is 11.8 Å². The Kier molecular flexibility index (Phi) is 9.21.